The number of nitrogens with zero attached hydrogens (tertiary/aromatic N) is 4. The third-order valence-electron chi connectivity index (χ3n) is 5.91. The van der Waals surface area contributed by atoms with Gasteiger partial charge in [0.05, 0.1) is 30.1 Å². The highest BCUT2D eigenvalue weighted by atomic mass is 16.5. The minimum absolute atomic E-state index is 0.0585. The second kappa shape index (κ2) is 7.66. The Bertz CT molecular complexity index is 1340. The third kappa shape index (κ3) is 3.27. The summed E-state index contributed by atoms with van der Waals surface area (Å²) in [6.07, 6.45) is 1.82. The minimum Gasteiger partial charge on any atom is -0.497 e. The SMILES string of the molecule is COc1ccc(C)c(-c2cn(-c3cccc4c3C(=O)N(C3CCC(=O)NC3=O)C4=O)nn2)c1. The first-order valence-electron chi connectivity index (χ1n) is 10.3. The van der Waals surface area contributed by atoms with Gasteiger partial charge >= 0.3 is 0 Å². The summed E-state index contributed by atoms with van der Waals surface area (Å²) in [4.78, 5) is 51.1. The second-order valence-corrected chi connectivity index (χ2v) is 7.88. The quantitative estimate of drug-likeness (QED) is 0.606. The fraction of sp³-hybridized carbons (Fsp3) is 0.217. The highest BCUT2D eigenvalue weighted by Crippen LogP contribution is 2.32. The molecule has 0 saturated carbocycles. The molecule has 1 fully saturated rings. The molecule has 3 aromatic rings. The molecule has 4 amide bonds. The van der Waals surface area contributed by atoms with E-state index in [0.717, 1.165) is 16.0 Å². The number of methoxy groups -OCH3 is 1. The topological polar surface area (TPSA) is 123 Å². The van der Waals surface area contributed by atoms with Crippen LogP contribution in [0.5, 0.6) is 5.75 Å². The molecule has 2 aliphatic rings. The van der Waals surface area contributed by atoms with Crippen molar-refractivity contribution in [2.24, 2.45) is 0 Å². The summed E-state index contributed by atoms with van der Waals surface area (Å²) in [6, 6.07) is 9.41. The van der Waals surface area contributed by atoms with Gasteiger partial charge in [0.25, 0.3) is 11.8 Å². The van der Waals surface area contributed by atoms with E-state index in [9.17, 15) is 19.2 Å². The standard InChI is InChI=1S/C23H19N5O5/c1-12-6-7-13(33-2)10-15(12)16-11-27(26-25-16)17-5-3-4-14-20(17)23(32)28(22(14)31)18-8-9-19(29)24-21(18)30/h3-7,10-11,18H,8-9H2,1-2H3,(H,24,29,30). The van der Waals surface area contributed by atoms with Crippen LogP contribution in [-0.2, 0) is 9.59 Å². The van der Waals surface area contributed by atoms with E-state index in [0.29, 0.717) is 17.1 Å². The molecule has 5 rings (SSSR count). The third-order valence-corrected chi connectivity index (χ3v) is 5.91. The van der Waals surface area contributed by atoms with Crippen molar-refractivity contribution >= 4 is 23.6 Å². The van der Waals surface area contributed by atoms with E-state index in [1.54, 1.807) is 25.4 Å². The average molecular weight is 445 g/mol. The monoisotopic (exact) mass is 445 g/mol. The summed E-state index contributed by atoms with van der Waals surface area (Å²) in [7, 11) is 1.58. The number of ether oxygens (including phenoxy) is 1. The molecule has 1 saturated heterocycles. The average Bonchev–Trinajstić information content (AvgIpc) is 3.38. The Morgan fingerprint density at radius 3 is 2.64 bits per heavy atom. The molecule has 10 heteroatoms. The number of hydrogen-bond acceptors (Lipinski definition) is 7. The fourth-order valence-corrected chi connectivity index (χ4v) is 4.20. The zero-order valence-corrected chi connectivity index (χ0v) is 17.9. The maximum absolute atomic E-state index is 13.3. The first kappa shape index (κ1) is 20.6. The van der Waals surface area contributed by atoms with E-state index < -0.39 is 29.7 Å². The Morgan fingerprint density at radius 2 is 1.88 bits per heavy atom. The first-order valence-corrected chi connectivity index (χ1v) is 10.3. The molecular formula is C23H19N5O5. The van der Waals surface area contributed by atoms with E-state index in [2.05, 4.69) is 15.6 Å². The maximum atomic E-state index is 13.3. The molecule has 0 bridgehead atoms. The van der Waals surface area contributed by atoms with Crippen LogP contribution in [0.3, 0.4) is 0 Å². The molecule has 2 aliphatic heterocycles. The van der Waals surface area contributed by atoms with Gasteiger partial charge in [-0.15, -0.1) is 5.10 Å². The number of benzene rings is 2. The lowest BCUT2D eigenvalue weighted by Crippen LogP contribution is -2.54. The van der Waals surface area contributed by atoms with Gasteiger partial charge in [0.2, 0.25) is 11.8 Å². The molecular weight excluding hydrogens is 426 g/mol. The van der Waals surface area contributed by atoms with Gasteiger partial charge in [-0.3, -0.25) is 29.4 Å². The van der Waals surface area contributed by atoms with Gasteiger partial charge in [0.15, 0.2) is 0 Å². The van der Waals surface area contributed by atoms with Gasteiger partial charge in [-0.1, -0.05) is 17.3 Å². The molecule has 10 nitrogen and oxygen atoms in total. The lowest BCUT2D eigenvalue weighted by atomic mass is 10.0. The van der Waals surface area contributed by atoms with Crippen molar-refractivity contribution in [3.63, 3.8) is 0 Å². The zero-order chi connectivity index (χ0) is 23.3. The number of piperidine rings is 1. The first-order chi connectivity index (χ1) is 15.9. The lowest BCUT2D eigenvalue weighted by Gasteiger charge is -2.27. The number of amides is 4. The van der Waals surface area contributed by atoms with E-state index >= 15 is 0 Å². The van der Waals surface area contributed by atoms with Crippen molar-refractivity contribution in [3.05, 3.63) is 59.3 Å². The maximum Gasteiger partial charge on any atom is 0.264 e. The van der Waals surface area contributed by atoms with Crippen molar-refractivity contribution in [1.82, 2.24) is 25.2 Å². The van der Waals surface area contributed by atoms with Gasteiger partial charge in [0.1, 0.15) is 17.5 Å². The summed E-state index contributed by atoms with van der Waals surface area (Å²) in [5, 5.41) is 10.6. The highest BCUT2D eigenvalue weighted by molar-refractivity contribution is 6.24. The fourth-order valence-electron chi connectivity index (χ4n) is 4.20. The van der Waals surface area contributed by atoms with Crippen LogP contribution in [0, 0.1) is 6.92 Å². The van der Waals surface area contributed by atoms with Crippen LogP contribution in [0.4, 0.5) is 0 Å². The summed E-state index contributed by atoms with van der Waals surface area (Å²) in [6.45, 7) is 1.94. The summed E-state index contributed by atoms with van der Waals surface area (Å²) >= 11 is 0. The number of nitrogens with one attached hydrogen (secondary N) is 1. The number of fused-ring (bicyclic) bond motifs is 1. The number of imide groups is 2. The molecule has 1 atom stereocenters. The van der Waals surface area contributed by atoms with Crippen LogP contribution in [0.2, 0.25) is 0 Å². The van der Waals surface area contributed by atoms with Gasteiger partial charge in [-0.05, 0) is 43.2 Å². The Hall–Kier alpha value is -4.34. The molecule has 0 spiro atoms. The summed E-state index contributed by atoms with van der Waals surface area (Å²) in [5.74, 6) is -1.58. The molecule has 166 valence electrons. The van der Waals surface area contributed by atoms with Crippen LogP contribution in [0.25, 0.3) is 16.9 Å². The highest BCUT2D eigenvalue weighted by Gasteiger charge is 2.45. The van der Waals surface area contributed by atoms with Gasteiger partial charge < -0.3 is 4.74 Å². The van der Waals surface area contributed by atoms with Crippen molar-refractivity contribution in [2.75, 3.05) is 7.11 Å². The molecule has 1 aromatic heterocycles. The second-order valence-electron chi connectivity index (χ2n) is 7.88. The Labute approximate surface area is 188 Å². The van der Waals surface area contributed by atoms with Gasteiger partial charge in [0, 0.05) is 12.0 Å². The zero-order valence-electron chi connectivity index (χ0n) is 17.9. The van der Waals surface area contributed by atoms with E-state index in [-0.39, 0.29) is 24.0 Å². The lowest BCUT2D eigenvalue weighted by molar-refractivity contribution is -0.136. The van der Waals surface area contributed by atoms with Crippen LogP contribution in [0.1, 0.15) is 39.1 Å². The number of aromatic nitrogens is 3. The molecule has 0 radical (unpaired) electrons. The molecule has 0 aliphatic carbocycles. The molecule has 1 N–H and O–H groups in total. The van der Waals surface area contributed by atoms with E-state index in [1.807, 2.05) is 25.1 Å². The van der Waals surface area contributed by atoms with Crippen molar-refractivity contribution < 1.29 is 23.9 Å². The van der Waals surface area contributed by atoms with Gasteiger partial charge in [-0.25, -0.2) is 4.68 Å². The molecule has 2 aromatic carbocycles. The Balaban J connectivity index is 1.54. The van der Waals surface area contributed by atoms with E-state index in [1.165, 1.54) is 10.7 Å². The largest absolute Gasteiger partial charge is 0.497 e. The van der Waals surface area contributed by atoms with Crippen LogP contribution < -0.4 is 10.1 Å². The van der Waals surface area contributed by atoms with Crippen molar-refractivity contribution in [2.45, 2.75) is 25.8 Å². The predicted octanol–water partition coefficient (Wildman–Crippen LogP) is 1.65. The summed E-state index contributed by atoms with van der Waals surface area (Å²) < 4.78 is 6.73. The summed E-state index contributed by atoms with van der Waals surface area (Å²) in [5.41, 5.74) is 3.06. The molecule has 1 unspecified atom stereocenters. The number of rotatable bonds is 4. The minimum atomic E-state index is -1.03. The van der Waals surface area contributed by atoms with E-state index in [4.69, 9.17) is 4.74 Å². The van der Waals surface area contributed by atoms with Gasteiger partial charge in [-0.2, -0.15) is 0 Å². The number of hydrogen-bond donors (Lipinski definition) is 1. The normalized spacial score (nSPS) is 17.9. The van der Waals surface area contributed by atoms with Crippen LogP contribution in [-0.4, -0.2) is 56.7 Å². The van der Waals surface area contributed by atoms with Crippen molar-refractivity contribution in [3.8, 4) is 22.7 Å². The Morgan fingerprint density at radius 1 is 1.06 bits per heavy atom. The number of carbonyl (C=O) groups excluding carboxylic acids is 4. The van der Waals surface area contributed by atoms with Crippen LogP contribution >= 0.6 is 0 Å². The smallest absolute Gasteiger partial charge is 0.264 e. The molecule has 3 heterocycles. The predicted molar refractivity (Wildman–Crippen MR) is 115 cm³/mol. The number of carbonyl (C=O) groups is 4. The Kier molecular flexibility index (Phi) is 4.77. The number of aryl methyl sites for hydroxylation is 1. The molecule has 33 heavy (non-hydrogen) atoms. The van der Waals surface area contributed by atoms with Crippen LogP contribution in [0.15, 0.2) is 42.6 Å². The van der Waals surface area contributed by atoms with Crippen molar-refractivity contribution in [1.29, 1.82) is 0 Å².